The zero-order valence-electron chi connectivity index (χ0n) is 16.6. The maximum atomic E-state index is 6.25. The molecule has 27 heavy (non-hydrogen) atoms. The van der Waals surface area contributed by atoms with Crippen LogP contribution in [0.1, 0.15) is 12.8 Å². The number of piperidine rings is 1. The minimum absolute atomic E-state index is 0.162. The molecule has 0 aromatic carbocycles. The number of likely N-dealkylation sites (tertiary alicyclic amines) is 1. The number of nitrogens with zero attached hydrogens (tertiary/aromatic N) is 1. The van der Waals surface area contributed by atoms with Crippen LogP contribution in [0.2, 0.25) is 0 Å². The van der Waals surface area contributed by atoms with Gasteiger partial charge in [-0.3, -0.25) is 11.3 Å². The highest BCUT2D eigenvalue weighted by Crippen LogP contribution is 2.38. The van der Waals surface area contributed by atoms with Gasteiger partial charge in [0.05, 0.1) is 52.9 Å². The van der Waals surface area contributed by atoms with Gasteiger partial charge in [0.2, 0.25) is 0 Å². The molecule has 6 N–H and O–H groups in total. The quantitative estimate of drug-likeness (QED) is 0.143. The summed E-state index contributed by atoms with van der Waals surface area (Å²) < 4.78 is 21.6. The topological polar surface area (TPSA) is 116 Å². The van der Waals surface area contributed by atoms with Gasteiger partial charge in [0.1, 0.15) is 0 Å². The molecule has 2 heterocycles. The molecule has 0 aliphatic carbocycles. The van der Waals surface area contributed by atoms with Crippen LogP contribution in [0.4, 0.5) is 0 Å². The normalized spacial score (nSPS) is 20.7. The monoisotopic (exact) mass is 389 g/mol. The van der Waals surface area contributed by atoms with Crippen molar-refractivity contribution < 1.29 is 18.9 Å². The van der Waals surface area contributed by atoms with Crippen molar-refractivity contribution in [2.45, 2.75) is 18.9 Å². The van der Waals surface area contributed by atoms with Crippen molar-refractivity contribution in [3.63, 3.8) is 0 Å². The first-order chi connectivity index (χ1) is 13.2. The Morgan fingerprint density at radius 1 is 0.926 bits per heavy atom. The van der Waals surface area contributed by atoms with Gasteiger partial charge < -0.3 is 34.9 Å². The highest BCUT2D eigenvalue weighted by Gasteiger charge is 2.41. The molecule has 1 atom stereocenters. The van der Waals surface area contributed by atoms with Gasteiger partial charge in [0.15, 0.2) is 0 Å². The predicted molar refractivity (Wildman–Crippen MR) is 104 cm³/mol. The summed E-state index contributed by atoms with van der Waals surface area (Å²) in [6.45, 7) is 11.0. The molecule has 0 saturated carbocycles. The molecule has 0 radical (unpaired) electrons. The number of hydrogen-bond donors (Lipinski definition) is 4. The number of rotatable bonds is 16. The van der Waals surface area contributed by atoms with E-state index in [1.165, 1.54) is 12.8 Å². The van der Waals surface area contributed by atoms with Crippen LogP contribution in [0.5, 0.6) is 0 Å². The zero-order valence-corrected chi connectivity index (χ0v) is 16.6. The van der Waals surface area contributed by atoms with E-state index in [0.717, 1.165) is 45.9 Å². The molecule has 2 aliphatic heterocycles. The summed E-state index contributed by atoms with van der Waals surface area (Å²) in [6.07, 6.45) is 2.50. The summed E-state index contributed by atoms with van der Waals surface area (Å²) in [5, 5.41) is 3.37. The summed E-state index contributed by atoms with van der Waals surface area (Å²) in [6, 6.07) is 0.162. The van der Waals surface area contributed by atoms with Crippen LogP contribution in [0.3, 0.4) is 0 Å². The molecule has 2 saturated heterocycles. The largest absolute Gasteiger partial charge is 0.380 e. The Hall–Kier alpha value is -0.360. The third kappa shape index (κ3) is 9.60. The van der Waals surface area contributed by atoms with Crippen LogP contribution in [0.25, 0.3) is 0 Å². The molecule has 0 bridgehead atoms. The van der Waals surface area contributed by atoms with Gasteiger partial charge in [-0.1, -0.05) is 0 Å². The van der Waals surface area contributed by atoms with E-state index in [1.54, 1.807) is 0 Å². The molecular formula is C18H39N5O4. The third-order valence-electron chi connectivity index (χ3n) is 5.19. The van der Waals surface area contributed by atoms with E-state index in [1.807, 2.05) is 0 Å². The van der Waals surface area contributed by atoms with Crippen LogP contribution in [-0.4, -0.2) is 103 Å². The number of ether oxygens (including phenoxy) is 4. The summed E-state index contributed by atoms with van der Waals surface area (Å²) in [7, 11) is 0. The van der Waals surface area contributed by atoms with Crippen molar-refractivity contribution in [3.8, 4) is 0 Å². The summed E-state index contributed by atoms with van der Waals surface area (Å²) in [4.78, 5) is 2.49. The van der Waals surface area contributed by atoms with Crippen LogP contribution in [0, 0.1) is 5.41 Å². The SMILES string of the molecule is NNCCOCCOCCOCCNCC(N)CN1CCC2(CC1)COC2. The zero-order chi connectivity index (χ0) is 19.2. The Kier molecular flexibility index (Phi) is 11.7. The molecule has 160 valence electrons. The second kappa shape index (κ2) is 13.8. The molecule has 0 amide bonds. The van der Waals surface area contributed by atoms with Crippen molar-refractivity contribution in [1.29, 1.82) is 0 Å². The Bertz CT molecular complexity index is 364. The Balaban J connectivity index is 1.31. The predicted octanol–water partition coefficient (Wildman–Crippen LogP) is -1.47. The summed E-state index contributed by atoms with van der Waals surface area (Å²) >= 11 is 0. The van der Waals surface area contributed by atoms with Gasteiger partial charge >= 0.3 is 0 Å². The minimum atomic E-state index is 0.162. The van der Waals surface area contributed by atoms with E-state index in [4.69, 9.17) is 30.5 Å². The smallest absolute Gasteiger partial charge is 0.0701 e. The summed E-state index contributed by atoms with van der Waals surface area (Å²) in [5.74, 6) is 5.14. The van der Waals surface area contributed by atoms with Crippen molar-refractivity contribution in [2.24, 2.45) is 17.0 Å². The molecule has 2 rings (SSSR count). The maximum absolute atomic E-state index is 6.25. The first-order valence-electron chi connectivity index (χ1n) is 10.2. The second-order valence-corrected chi connectivity index (χ2v) is 7.55. The van der Waals surface area contributed by atoms with Crippen molar-refractivity contribution in [3.05, 3.63) is 0 Å². The summed E-state index contributed by atoms with van der Waals surface area (Å²) in [5.41, 5.74) is 9.27. The fourth-order valence-electron chi connectivity index (χ4n) is 3.39. The average molecular weight is 390 g/mol. The number of nitrogens with two attached hydrogens (primary N) is 2. The van der Waals surface area contributed by atoms with E-state index < -0.39 is 0 Å². The fourth-order valence-corrected chi connectivity index (χ4v) is 3.39. The van der Waals surface area contributed by atoms with Crippen LogP contribution in [-0.2, 0) is 18.9 Å². The van der Waals surface area contributed by atoms with Crippen molar-refractivity contribution in [2.75, 3.05) is 92.1 Å². The van der Waals surface area contributed by atoms with Gasteiger partial charge in [0.25, 0.3) is 0 Å². The van der Waals surface area contributed by atoms with E-state index in [-0.39, 0.29) is 6.04 Å². The number of hydrazine groups is 1. The minimum Gasteiger partial charge on any atom is -0.380 e. The molecule has 0 aromatic rings. The molecule has 2 aliphatic rings. The molecule has 0 aromatic heterocycles. The molecule has 1 spiro atoms. The Morgan fingerprint density at radius 3 is 2.07 bits per heavy atom. The van der Waals surface area contributed by atoms with Gasteiger partial charge in [-0.25, -0.2) is 0 Å². The highest BCUT2D eigenvalue weighted by atomic mass is 16.5. The first kappa shape index (κ1) is 22.9. The van der Waals surface area contributed by atoms with E-state index >= 15 is 0 Å². The van der Waals surface area contributed by atoms with E-state index in [0.29, 0.717) is 51.6 Å². The number of hydrogen-bond acceptors (Lipinski definition) is 9. The fraction of sp³-hybridized carbons (Fsp3) is 1.00. The standard InChI is InChI=1S/C18H39N5O4/c19-17(14-23-5-1-18(2-6-23)15-27-16-18)13-21-3-7-24-9-11-26-12-10-25-8-4-22-20/h17,21-22H,1-16,19-20H2. The van der Waals surface area contributed by atoms with Crippen molar-refractivity contribution >= 4 is 0 Å². The van der Waals surface area contributed by atoms with Crippen LogP contribution in [0.15, 0.2) is 0 Å². The molecule has 1 unspecified atom stereocenters. The molecular weight excluding hydrogens is 350 g/mol. The second-order valence-electron chi connectivity index (χ2n) is 7.55. The lowest BCUT2D eigenvalue weighted by molar-refractivity contribution is -0.139. The lowest BCUT2D eigenvalue weighted by atomic mass is 9.77. The van der Waals surface area contributed by atoms with Gasteiger partial charge in [0, 0.05) is 37.6 Å². The van der Waals surface area contributed by atoms with Crippen molar-refractivity contribution in [1.82, 2.24) is 15.6 Å². The molecule has 2 fully saturated rings. The lowest BCUT2D eigenvalue weighted by Gasteiger charge is -2.47. The number of nitrogens with one attached hydrogen (secondary N) is 2. The van der Waals surface area contributed by atoms with Crippen LogP contribution >= 0.6 is 0 Å². The van der Waals surface area contributed by atoms with Gasteiger partial charge in [-0.05, 0) is 25.9 Å². The maximum Gasteiger partial charge on any atom is 0.0701 e. The van der Waals surface area contributed by atoms with Gasteiger partial charge in [-0.2, -0.15) is 0 Å². The Morgan fingerprint density at radius 2 is 1.52 bits per heavy atom. The van der Waals surface area contributed by atoms with Gasteiger partial charge in [-0.15, -0.1) is 0 Å². The third-order valence-corrected chi connectivity index (χ3v) is 5.19. The molecule has 9 nitrogen and oxygen atoms in total. The lowest BCUT2D eigenvalue weighted by Crippen LogP contribution is -2.53. The highest BCUT2D eigenvalue weighted by molar-refractivity contribution is 4.91. The Labute approximate surface area is 163 Å². The van der Waals surface area contributed by atoms with Crippen LogP contribution < -0.4 is 22.3 Å². The van der Waals surface area contributed by atoms with E-state index in [2.05, 4.69) is 15.6 Å². The average Bonchev–Trinajstić information content (AvgIpc) is 2.65. The molecule has 9 heteroatoms. The first-order valence-corrected chi connectivity index (χ1v) is 10.2. The van der Waals surface area contributed by atoms with E-state index in [9.17, 15) is 0 Å².